The van der Waals surface area contributed by atoms with E-state index in [1.807, 2.05) is 36.4 Å². The highest BCUT2D eigenvalue weighted by atomic mass is 16.3. The lowest BCUT2D eigenvalue weighted by atomic mass is 9.93. The summed E-state index contributed by atoms with van der Waals surface area (Å²) < 4.78 is 0. The lowest BCUT2D eigenvalue weighted by Gasteiger charge is -2.34. The average molecular weight is 527 g/mol. The minimum Gasteiger partial charge on any atom is -0.391 e. The van der Waals surface area contributed by atoms with Crippen molar-refractivity contribution in [1.82, 2.24) is 20.4 Å². The highest BCUT2D eigenvalue weighted by Gasteiger charge is 2.54. The molecule has 2 aliphatic heterocycles. The summed E-state index contributed by atoms with van der Waals surface area (Å²) in [6, 6.07) is 8.43. The van der Waals surface area contributed by atoms with Crippen LogP contribution in [0, 0.1) is 5.92 Å². The normalized spacial score (nSPS) is 22.7. The van der Waals surface area contributed by atoms with Crippen LogP contribution in [0.5, 0.6) is 0 Å². The molecule has 0 bridgehead atoms. The predicted octanol–water partition coefficient (Wildman–Crippen LogP) is 2.66. The fraction of sp³-hybridized carbons (Fsp3) is 0.633. The molecule has 3 N–H and O–H groups in total. The molecule has 8 nitrogen and oxygen atoms in total. The molecule has 8 heteroatoms. The van der Waals surface area contributed by atoms with E-state index in [0.29, 0.717) is 32.5 Å². The van der Waals surface area contributed by atoms with Gasteiger partial charge in [0.25, 0.3) is 0 Å². The van der Waals surface area contributed by atoms with Crippen molar-refractivity contribution < 1.29 is 19.5 Å². The maximum absolute atomic E-state index is 13.6. The first-order valence-electron chi connectivity index (χ1n) is 14.2. The van der Waals surface area contributed by atoms with Crippen LogP contribution in [0.2, 0.25) is 0 Å². The summed E-state index contributed by atoms with van der Waals surface area (Å²) in [5.41, 5.74) is 0.443. The van der Waals surface area contributed by atoms with E-state index in [-0.39, 0.29) is 24.1 Å². The van der Waals surface area contributed by atoms with Gasteiger partial charge in [0, 0.05) is 25.6 Å². The lowest BCUT2D eigenvalue weighted by molar-refractivity contribution is -0.143. The summed E-state index contributed by atoms with van der Waals surface area (Å²) in [7, 11) is 0. The number of rotatable bonds is 14. The quantitative estimate of drug-likeness (QED) is 0.256. The van der Waals surface area contributed by atoms with E-state index in [1.165, 1.54) is 0 Å². The van der Waals surface area contributed by atoms with Gasteiger partial charge >= 0.3 is 0 Å². The molecule has 2 fully saturated rings. The topological polar surface area (TPSA) is 102 Å². The molecule has 38 heavy (non-hydrogen) atoms. The fourth-order valence-electron chi connectivity index (χ4n) is 5.82. The second kappa shape index (κ2) is 13.9. The molecule has 3 rings (SSSR count). The van der Waals surface area contributed by atoms with Crippen LogP contribution >= 0.6 is 0 Å². The lowest BCUT2D eigenvalue weighted by Crippen LogP contribution is -2.56. The Morgan fingerprint density at radius 3 is 2.58 bits per heavy atom. The third kappa shape index (κ3) is 7.03. The number of amides is 3. The summed E-state index contributed by atoms with van der Waals surface area (Å²) >= 11 is 0. The van der Waals surface area contributed by atoms with Gasteiger partial charge in [0.1, 0.15) is 11.6 Å². The summed E-state index contributed by atoms with van der Waals surface area (Å²) in [5, 5.41) is 17.1. The van der Waals surface area contributed by atoms with E-state index >= 15 is 0 Å². The Morgan fingerprint density at radius 1 is 1.16 bits per heavy atom. The van der Waals surface area contributed by atoms with Crippen molar-refractivity contribution in [2.75, 3.05) is 26.2 Å². The number of benzene rings is 1. The molecule has 0 saturated carbocycles. The van der Waals surface area contributed by atoms with E-state index in [1.54, 1.807) is 18.7 Å². The van der Waals surface area contributed by atoms with Gasteiger partial charge in [-0.3, -0.25) is 19.3 Å². The molecule has 1 spiro atoms. The predicted molar refractivity (Wildman–Crippen MR) is 149 cm³/mol. The first-order chi connectivity index (χ1) is 18.2. The Kier molecular flexibility index (Phi) is 10.9. The van der Waals surface area contributed by atoms with E-state index < -0.39 is 29.6 Å². The fourth-order valence-corrected chi connectivity index (χ4v) is 5.82. The van der Waals surface area contributed by atoms with Gasteiger partial charge in [0.15, 0.2) is 0 Å². The van der Waals surface area contributed by atoms with Crippen LogP contribution in [-0.2, 0) is 20.8 Å². The minimum absolute atomic E-state index is 0.0111. The van der Waals surface area contributed by atoms with Gasteiger partial charge in [-0.05, 0) is 57.6 Å². The number of unbranched alkanes of at least 4 members (excludes halogenated alkanes) is 1. The number of nitrogens with zero attached hydrogens (tertiary/aromatic N) is 2. The molecule has 0 radical (unpaired) electrons. The molecule has 210 valence electrons. The minimum atomic E-state index is -0.920. The van der Waals surface area contributed by atoms with Crippen molar-refractivity contribution in [3.05, 3.63) is 48.6 Å². The summed E-state index contributed by atoms with van der Waals surface area (Å²) in [5.74, 6) is -0.766. The Morgan fingerprint density at radius 2 is 1.89 bits per heavy atom. The maximum Gasteiger partial charge on any atom is 0.243 e. The van der Waals surface area contributed by atoms with E-state index in [9.17, 15) is 19.5 Å². The molecule has 2 saturated heterocycles. The van der Waals surface area contributed by atoms with E-state index in [4.69, 9.17) is 0 Å². The SMILES string of the molecule is C=CCN1CCC[C@@]12CCN([C@@H](C)C(=O)N[C@H](Cc1ccccc1)[C@H](O)C[C@H](C)C(=O)NCCCC)C2=O. The molecule has 0 unspecified atom stereocenters. The Balaban J connectivity index is 1.68. The molecular weight excluding hydrogens is 480 g/mol. The van der Waals surface area contributed by atoms with Crippen molar-refractivity contribution in [2.24, 2.45) is 5.92 Å². The molecule has 0 aromatic heterocycles. The third-order valence-electron chi connectivity index (χ3n) is 8.21. The van der Waals surface area contributed by atoms with Crippen LogP contribution in [-0.4, -0.2) is 82.5 Å². The van der Waals surface area contributed by atoms with Crippen LogP contribution in [0.4, 0.5) is 0 Å². The zero-order valence-electron chi connectivity index (χ0n) is 23.3. The van der Waals surface area contributed by atoms with E-state index in [2.05, 4.69) is 29.0 Å². The smallest absolute Gasteiger partial charge is 0.243 e. The molecule has 0 aliphatic carbocycles. The van der Waals surface area contributed by atoms with Crippen molar-refractivity contribution in [1.29, 1.82) is 0 Å². The molecule has 5 atom stereocenters. The van der Waals surface area contributed by atoms with Gasteiger partial charge in [0.2, 0.25) is 17.7 Å². The number of aliphatic hydroxyl groups is 1. The average Bonchev–Trinajstić information content (AvgIpc) is 3.47. The standard InChI is InChI=1S/C30H46N4O4/c1-5-7-16-31-27(36)22(3)20-26(35)25(21-24-12-9-8-10-13-24)32-28(37)23(4)34-19-15-30(29(34)38)14-11-18-33(30)17-6-2/h6,8-10,12-13,22-23,25-26,35H,2,5,7,11,14-21H2,1,3-4H3,(H,31,36)(H,32,37)/t22-,23-,25+,26+,30-/m0/s1. The number of hydrogen-bond acceptors (Lipinski definition) is 5. The van der Waals surface area contributed by atoms with Crippen LogP contribution in [0.15, 0.2) is 43.0 Å². The first kappa shape index (κ1) is 29.8. The van der Waals surface area contributed by atoms with Crippen LogP contribution < -0.4 is 10.6 Å². The Bertz CT molecular complexity index is 955. The van der Waals surface area contributed by atoms with Gasteiger partial charge in [0.05, 0.1) is 12.1 Å². The molecule has 2 heterocycles. The van der Waals surface area contributed by atoms with Crippen molar-refractivity contribution in [3.63, 3.8) is 0 Å². The van der Waals surface area contributed by atoms with Gasteiger partial charge in [-0.15, -0.1) is 6.58 Å². The van der Waals surface area contributed by atoms with Gasteiger partial charge in [-0.2, -0.15) is 0 Å². The van der Waals surface area contributed by atoms with Crippen molar-refractivity contribution >= 4 is 17.7 Å². The monoisotopic (exact) mass is 526 g/mol. The van der Waals surface area contributed by atoms with Gasteiger partial charge in [-0.1, -0.05) is 56.7 Å². The molecular formula is C30H46N4O4. The van der Waals surface area contributed by atoms with Crippen LogP contribution in [0.25, 0.3) is 0 Å². The summed E-state index contributed by atoms with van der Waals surface area (Å²) in [4.78, 5) is 43.4. The largest absolute Gasteiger partial charge is 0.391 e. The Labute approximate surface area is 227 Å². The highest BCUT2D eigenvalue weighted by Crippen LogP contribution is 2.39. The Hall–Kier alpha value is -2.71. The third-order valence-corrected chi connectivity index (χ3v) is 8.21. The number of aliphatic hydroxyl groups excluding tert-OH is 1. The van der Waals surface area contributed by atoms with E-state index in [0.717, 1.165) is 37.8 Å². The first-order valence-corrected chi connectivity index (χ1v) is 14.2. The number of carbonyl (C=O) groups excluding carboxylic acids is 3. The van der Waals surface area contributed by atoms with Gasteiger partial charge < -0.3 is 20.6 Å². The second-order valence-electron chi connectivity index (χ2n) is 10.9. The number of nitrogens with one attached hydrogen (secondary N) is 2. The molecule has 2 aliphatic rings. The molecule has 1 aromatic carbocycles. The second-order valence-corrected chi connectivity index (χ2v) is 10.9. The summed E-state index contributed by atoms with van der Waals surface area (Å²) in [6.07, 6.45) is 5.94. The molecule has 3 amide bonds. The maximum atomic E-state index is 13.6. The van der Waals surface area contributed by atoms with Gasteiger partial charge in [-0.25, -0.2) is 0 Å². The van der Waals surface area contributed by atoms with Crippen LogP contribution in [0.1, 0.15) is 64.9 Å². The zero-order valence-corrected chi connectivity index (χ0v) is 23.3. The van der Waals surface area contributed by atoms with Crippen LogP contribution in [0.3, 0.4) is 0 Å². The highest BCUT2D eigenvalue weighted by molar-refractivity contribution is 5.94. The number of hydrogen-bond donors (Lipinski definition) is 3. The molecule has 1 aromatic rings. The number of carbonyl (C=O) groups is 3. The zero-order chi connectivity index (χ0) is 27.7. The van der Waals surface area contributed by atoms with Crippen molar-refractivity contribution in [2.45, 2.75) is 89.4 Å². The summed E-state index contributed by atoms with van der Waals surface area (Å²) in [6.45, 7) is 12.1. The number of likely N-dealkylation sites (tertiary alicyclic amines) is 2. The van der Waals surface area contributed by atoms with Crippen molar-refractivity contribution in [3.8, 4) is 0 Å².